The van der Waals surface area contributed by atoms with Crippen molar-refractivity contribution in [2.45, 2.75) is 102 Å². The number of carbonyl (C=O) groups excluding carboxylic acids is 2. The van der Waals surface area contributed by atoms with Crippen LogP contribution in [0.5, 0.6) is 0 Å². The molecule has 5 atom stereocenters. The molecule has 5 unspecified atom stereocenters. The van der Waals surface area contributed by atoms with E-state index >= 15 is 0 Å². The van der Waals surface area contributed by atoms with Gasteiger partial charge in [-0.05, 0) is 66.8 Å². The molecule has 35 heavy (non-hydrogen) atoms. The number of carbonyl (C=O) groups is 2. The molecule has 2 aliphatic heterocycles. The van der Waals surface area contributed by atoms with Gasteiger partial charge in [0.05, 0.1) is 32.0 Å². The van der Waals surface area contributed by atoms with Gasteiger partial charge in [0, 0.05) is 31.5 Å². The van der Waals surface area contributed by atoms with Gasteiger partial charge >= 0.3 is 6.09 Å². The van der Waals surface area contributed by atoms with E-state index in [0.717, 1.165) is 32.1 Å². The molecule has 3 fully saturated rings. The van der Waals surface area contributed by atoms with Crippen molar-refractivity contribution in [2.24, 2.45) is 5.92 Å². The summed E-state index contributed by atoms with van der Waals surface area (Å²) in [5.41, 5.74) is 0.567. The van der Waals surface area contributed by atoms with Crippen LogP contribution in [-0.4, -0.2) is 81.4 Å². The molecule has 9 heteroatoms. The fraction of sp³-hybridized carbons (Fsp3) is 0.846. The van der Waals surface area contributed by atoms with Gasteiger partial charge in [0.2, 0.25) is 5.91 Å². The van der Waals surface area contributed by atoms with Crippen molar-refractivity contribution >= 4 is 12.0 Å². The smallest absolute Gasteiger partial charge is 0.407 e. The first-order chi connectivity index (χ1) is 16.6. The summed E-state index contributed by atoms with van der Waals surface area (Å²) in [6, 6.07) is 0.241. The summed E-state index contributed by atoms with van der Waals surface area (Å²) in [7, 11) is 3.47. The normalized spacial score (nSPS) is 33.3. The summed E-state index contributed by atoms with van der Waals surface area (Å²) in [5.74, 6) is 0.0602. The van der Waals surface area contributed by atoms with Gasteiger partial charge in [0.1, 0.15) is 11.2 Å². The lowest BCUT2D eigenvalue weighted by atomic mass is 9.75. The Morgan fingerprint density at radius 2 is 1.77 bits per heavy atom. The number of alkyl carbamates (subject to hydrolysis) is 1. The van der Waals surface area contributed by atoms with Crippen LogP contribution >= 0.6 is 0 Å². The van der Waals surface area contributed by atoms with Gasteiger partial charge in [-0.1, -0.05) is 11.6 Å². The van der Waals surface area contributed by atoms with Gasteiger partial charge in [-0.3, -0.25) is 4.79 Å². The zero-order chi connectivity index (χ0) is 25.6. The maximum atomic E-state index is 12.4. The largest absolute Gasteiger partial charge is 0.449 e. The molecular formula is C26H45N3O6. The van der Waals surface area contributed by atoms with Gasteiger partial charge < -0.3 is 34.9 Å². The van der Waals surface area contributed by atoms with Crippen LogP contribution in [0.15, 0.2) is 11.6 Å². The molecule has 9 nitrogen and oxygen atoms in total. The van der Waals surface area contributed by atoms with E-state index < -0.39 is 11.7 Å². The lowest BCUT2D eigenvalue weighted by Gasteiger charge is -2.32. The minimum Gasteiger partial charge on any atom is -0.449 e. The van der Waals surface area contributed by atoms with Crippen LogP contribution in [0.3, 0.4) is 0 Å². The van der Waals surface area contributed by atoms with Crippen molar-refractivity contribution in [3.8, 4) is 0 Å². The maximum Gasteiger partial charge on any atom is 0.407 e. The van der Waals surface area contributed by atoms with Crippen LogP contribution in [0.2, 0.25) is 0 Å². The highest BCUT2D eigenvalue weighted by molar-refractivity contribution is 5.78. The highest BCUT2D eigenvalue weighted by Gasteiger charge is 2.68. The van der Waals surface area contributed by atoms with Gasteiger partial charge in [-0.15, -0.1) is 0 Å². The minimum atomic E-state index is -0.395. The Kier molecular flexibility index (Phi) is 9.60. The summed E-state index contributed by atoms with van der Waals surface area (Å²) >= 11 is 0. The number of nitrogens with one attached hydrogen (secondary N) is 3. The second-order valence-corrected chi connectivity index (χ2v) is 10.8. The number of hydrogen-bond donors (Lipinski definition) is 3. The molecule has 0 aromatic carbocycles. The topological polar surface area (TPSA) is 114 Å². The molecule has 0 aromatic rings. The van der Waals surface area contributed by atoms with Crippen molar-refractivity contribution in [1.82, 2.24) is 16.0 Å². The molecule has 1 saturated carbocycles. The van der Waals surface area contributed by atoms with Gasteiger partial charge in [-0.2, -0.15) is 0 Å². The average molecular weight is 496 g/mol. The van der Waals surface area contributed by atoms with E-state index in [1.165, 1.54) is 5.57 Å². The number of methoxy groups -OCH3 is 1. The van der Waals surface area contributed by atoms with E-state index in [1.807, 2.05) is 0 Å². The molecule has 200 valence electrons. The molecule has 3 aliphatic rings. The second kappa shape index (κ2) is 12.0. The number of hydrogen-bond acceptors (Lipinski definition) is 7. The summed E-state index contributed by atoms with van der Waals surface area (Å²) in [5, 5.41) is 8.86. The SMILES string of the molecule is CNCC(=O)NC1CCC(NC(=O)OCCC2(C(C(C)OC)C3(C)OC3CC=C(C)C)CO2)CC1. The molecule has 2 amide bonds. The molecule has 1 aliphatic carbocycles. The van der Waals surface area contributed by atoms with E-state index in [2.05, 4.69) is 49.7 Å². The van der Waals surface area contributed by atoms with Gasteiger partial charge in [0.15, 0.2) is 0 Å². The zero-order valence-corrected chi connectivity index (χ0v) is 22.3. The Morgan fingerprint density at radius 3 is 2.31 bits per heavy atom. The predicted molar refractivity (Wildman–Crippen MR) is 133 cm³/mol. The standard InChI is InChI=1S/C26H45N3O6/c1-17(2)7-12-21-25(4,35-21)23(18(3)32-6)26(16-34-26)13-14-33-24(31)29-20-10-8-19(9-11-20)28-22(30)15-27-5/h7,18-21,23,27H,8-16H2,1-6H3,(H,28,30)(H,29,31). The van der Waals surface area contributed by atoms with Gasteiger partial charge in [0.25, 0.3) is 0 Å². The summed E-state index contributed by atoms with van der Waals surface area (Å²) < 4.78 is 23.4. The second-order valence-electron chi connectivity index (χ2n) is 10.8. The van der Waals surface area contributed by atoms with Crippen LogP contribution in [0.1, 0.15) is 66.2 Å². The first kappa shape index (κ1) is 27.9. The average Bonchev–Trinajstić information content (AvgIpc) is 3.71. The third kappa shape index (κ3) is 7.41. The van der Waals surface area contributed by atoms with E-state index in [0.29, 0.717) is 19.6 Å². The Hall–Kier alpha value is -1.68. The quantitative estimate of drug-likeness (QED) is 0.266. The highest BCUT2D eigenvalue weighted by Crippen LogP contribution is 2.56. The Morgan fingerprint density at radius 1 is 1.14 bits per heavy atom. The molecule has 2 heterocycles. The van der Waals surface area contributed by atoms with Crippen LogP contribution in [0.25, 0.3) is 0 Å². The first-order valence-electron chi connectivity index (χ1n) is 13.0. The lowest BCUT2D eigenvalue weighted by Crippen LogP contribution is -2.46. The highest BCUT2D eigenvalue weighted by atomic mass is 16.6. The molecule has 0 spiro atoms. The fourth-order valence-electron chi connectivity index (χ4n) is 5.64. The molecule has 2 saturated heterocycles. The molecule has 3 N–H and O–H groups in total. The van der Waals surface area contributed by atoms with E-state index in [4.69, 9.17) is 18.9 Å². The Bertz CT molecular complexity index is 758. The van der Waals surface area contributed by atoms with Crippen LogP contribution < -0.4 is 16.0 Å². The lowest BCUT2D eigenvalue weighted by molar-refractivity contribution is -0.121. The molecule has 3 rings (SSSR count). The summed E-state index contributed by atoms with van der Waals surface area (Å²) in [6.45, 7) is 9.61. The van der Waals surface area contributed by atoms with Crippen molar-refractivity contribution in [3.63, 3.8) is 0 Å². The number of epoxide rings is 2. The van der Waals surface area contributed by atoms with Crippen molar-refractivity contribution in [1.29, 1.82) is 0 Å². The van der Waals surface area contributed by atoms with E-state index in [9.17, 15) is 9.59 Å². The Balaban J connectivity index is 1.43. The number of amides is 2. The van der Waals surface area contributed by atoms with Gasteiger partial charge in [-0.25, -0.2) is 4.79 Å². The predicted octanol–water partition coefficient (Wildman–Crippen LogP) is 2.68. The number of allylic oxidation sites excluding steroid dienone is 1. The van der Waals surface area contributed by atoms with E-state index in [-0.39, 0.29) is 48.3 Å². The summed E-state index contributed by atoms with van der Waals surface area (Å²) in [6.07, 6.45) is 6.74. The maximum absolute atomic E-state index is 12.4. The monoisotopic (exact) mass is 495 g/mol. The van der Waals surface area contributed by atoms with Crippen LogP contribution in [0.4, 0.5) is 4.79 Å². The van der Waals surface area contributed by atoms with Crippen molar-refractivity contribution in [3.05, 3.63) is 11.6 Å². The molecule has 0 aromatic heterocycles. The number of rotatable bonds is 13. The van der Waals surface area contributed by atoms with Crippen molar-refractivity contribution in [2.75, 3.05) is 33.9 Å². The van der Waals surface area contributed by atoms with Crippen molar-refractivity contribution < 1.29 is 28.5 Å². The van der Waals surface area contributed by atoms with Crippen LogP contribution in [-0.2, 0) is 23.7 Å². The molecule has 0 radical (unpaired) electrons. The third-order valence-electron chi connectivity index (χ3n) is 7.77. The summed E-state index contributed by atoms with van der Waals surface area (Å²) in [4.78, 5) is 24.2. The third-order valence-corrected chi connectivity index (χ3v) is 7.77. The number of ether oxygens (including phenoxy) is 4. The Labute approximate surface area is 210 Å². The molecule has 0 bridgehead atoms. The minimum absolute atomic E-state index is 0.00867. The molecular weight excluding hydrogens is 450 g/mol. The zero-order valence-electron chi connectivity index (χ0n) is 22.3. The fourth-order valence-corrected chi connectivity index (χ4v) is 5.64. The van der Waals surface area contributed by atoms with E-state index in [1.54, 1.807) is 14.2 Å². The first-order valence-corrected chi connectivity index (χ1v) is 13.0. The number of likely N-dealkylation sites (N-methyl/N-ethyl adjacent to an activating group) is 1. The van der Waals surface area contributed by atoms with Crippen LogP contribution in [0, 0.1) is 5.92 Å².